The molecule has 1 aliphatic heterocycles. The zero-order chi connectivity index (χ0) is 12.3. The van der Waals surface area contributed by atoms with Crippen LogP contribution in [-0.4, -0.2) is 32.2 Å². The summed E-state index contributed by atoms with van der Waals surface area (Å²) < 4.78 is 5.32. The van der Waals surface area contributed by atoms with Crippen molar-refractivity contribution in [2.45, 2.75) is 19.4 Å². The molecule has 0 aromatic heterocycles. The third-order valence-electron chi connectivity index (χ3n) is 3.00. The number of rotatable bonds is 3. The Labute approximate surface area is 101 Å². The van der Waals surface area contributed by atoms with Gasteiger partial charge in [0.05, 0.1) is 12.6 Å². The van der Waals surface area contributed by atoms with Gasteiger partial charge in [0.1, 0.15) is 0 Å². The van der Waals surface area contributed by atoms with Crippen molar-refractivity contribution in [3.8, 4) is 0 Å². The molecule has 4 heteroatoms. The van der Waals surface area contributed by atoms with Crippen LogP contribution in [0, 0.1) is 6.92 Å². The molecule has 4 nitrogen and oxygen atoms in total. The lowest BCUT2D eigenvalue weighted by Crippen LogP contribution is -2.20. The predicted octanol–water partition coefficient (Wildman–Crippen LogP) is 1.56. The van der Waals surface area contributed by atoms with E-state index in [4.69, 9.17) is 4.74 Å². The fourth-order valence-corrected chi connectivity index (χ4v) is 1.98. The fraction of sp³-hybridized carbons (Fsp3) is 0.462. The second-order valence-electron chi connectivity index (χ2n) is 4.31. The minimum absolute atomic E-state index is 0.0520. The van der Waals surface area contributed by atoms with Crippen molar-refractivity contribution in [2.24, 2.45) is 0 Å². The van der Waals surface area contributed by atoms with Gasteiger partial charge in [0.25, 0.3) is 5.91 Å². The van der Waals surface area contributed by atoms with Gasteiger partial charge in [0.2, 0.25) is 0 Å². The average molecular weight is 234 g/mol. The lowest BCUT2D eigenvalue weighted by molar-refractivity contribution is 0.0963. The molecular weight excluding hydrogens is 216 g/mol. The van der Waals surface area contributed by atoms with Gasteiger partial charge in [-0.15, -0.1) is 0 Å². The summed E-state index contributed by atoms with van der Waals surface area (Å²) in [6.45, 7) is 3.59. The van der Waals surface area contributed by atoms with Crippen molar-refractivity contribution >= 4 is 11.6 Å². The summed E-state index contributed by atoms with van der Waals surface area (Å²) in [5.41, 5.74) is 2.85. The Morgan fingerprint density at radius 1 is 1.47 bits per heavy atom. The van der Waals surface area contributed by atoms with Crippen LogP contribution in [0.2, 0.25) is 0 Å². The van der Waals surface area contributed by atoms with Gasteiger partial charge in [-0.05, 0) is 37.1 Å². The van der Waals surface area contributed by atoms with E-state index in [1.54, 1.807) is 7.05 Å². The molecule has 2 rings (SSSR count). The monoisotopic (exact) mass is 234 g/mol. The van der Waals surface area contributed by atoms with Gasteiger partial charge < -0.3 is 15.4 Å². The molecule has 0 spiro atoms. The van der Waals surface area contributed by atoms with Gasteiger partial charge in [0.15, 0.2) is 0 Å². The second kappa shape index (κ2) is 5.19. The molecule has 17 heavy (non-hydrogen) atoms. The summed E-state index contributed by atoms with van der Waals surface area (Å²) in [7, 11) is 1.64. The highest BCUT2D eigenvalue weighted by atomic mass is 16.5. The van der Waals surface area contributed by atoms with E-state index in [2.05, 4.69) is 10.6 Å². The molecule has 1 atom stereocenters. The molecule has 1 aromatic rings. The maximum atomic E-state index is 11.5. The first-order valence-corrected chi connectivity index (χ1v) is 5.87. The number of nitrogens with one attached hydrogen (secondary N) is 2. The summed E-state index contributed by atoms with van der Waals surface area (Å²) in [6.07, 6.45) is 1.04. The van der Waals surface area contributed by atoms with Crippen LogP contribution in [0.4, 0.5) is 5.69 Å². The topological polar surface area (TPSA) is 50.4 Å². The minimum Gasteiger partial charge on any atom is -0.380 e. The normalized spacial score (nSPS) is 19.1. The number of amides is 1. The molecule has 0 saturated carbocycles. The molecule has 1 aliphatic rings. The van der Waals surface area contributed by atoms with E-state index in [0.29, 0.717) is 11.6 Å². The Hall–Kier alpha value is -1.55. The largest absolute Gasteiger partial charge is 0.380 e. The SMILES string of the molecule is CNC(=O)c1ccc(NC2CCOC2)c(C)c1. The summed E-state index contributed by atoms with van der Waals surface area (Å²) >= 11 is 0. The van der Waals surface area contributed by atoms with Crippen LogP contribution in [0.5, 0.6) is 0 Å². The Morgan fingerprint density at radius 2 is 2.29 bits per heavy atom. The average Bonchev–Trinajstić information content (AvgIpc) is 2.83. The van der Waals surface area contributed by atoms with Gasteiger partial charge in [-0.25, -0.2) is 0 Å². The minimum atomic E-state index is -0.0520. The zero-order valence-corrected chi connectivity index (χ0v) is 10.2. The molecular formula is C13H18N2O2. The molecule has 0 bridgehead atoms. The quantitative estimate of drug-likeness (QED) is 0.834. The molecule has 2 N–H and O–H groups in total. The molecule has 1 aromatic carbocycles. The lowest BCUT2D eigenvalue weighted by Gasteiger charge is -2.15. The van der Waals surface area contributed by atoms with Crippen LogP contribution in [0.1, 0.15) is 22.3 Å². The number of hydrogen-bond donors (Lipinski definition) is 2. The van der Waals surface area contributed by atoms with Gasteiger partial charge in [-0.3, -0.25) is 4.79 Å². The van der Waals surface area contributed by atoms with Crippen molar-refractivity contribution in [3.63, 3.8) is 0 Å². The molecule has 0 aliphatic carbocycles. The summed E-state index contributed by atoms with van der Waals surface area (Å²) in [5.74, 6) is -0.0520. The third-order valence-corrected chi connectivity index (χ3v) is 3.00. The second-order valence-corrected chi connectivity index (χ2v) is 4.31. The van der Waals surface area contributed by atoms with Crippen LogP contribution in [0.25, 0.3) is 0 Å². The van der Waals surface area contributed by atoms with Crippen LogP contribution < -0.4 is 10.6 Å². The van der Waals surface area contributed by atoms with Crippen LogP contribution >= 0.6 is 0 Å². The first-order chi connectivity index (χ1) is 8.20. The van der Waals surface area contributed by atoms with E-state index in [-0.39, 0.29) is 5.91 Å². The van der Waals surface area contributed by atoms with Crippen molar-refractivity contribution in [1.29, 1.82) is 0 Å². The third kappa shape index (κ3) is 2.77. The molecule has 1 saturated heterocycles. The van der Waals surface area contributed by atoms with Crippen LogP contribution in [0.3, 0.4) is 0 Å². The molecule has 1 amide bonds. The number of carbonyl (C=O) groups excluding carboxylic acids is 1. The van der Waals surface area contributed by atoms with E-state index in [1.807, 2.05) is 25.1 Å². The van der Waals surface area contributed by atoms with E-state index in [1.165, 1.54) is 0 Å². The standard InChI is InChI=1S/C13H18N2O2/c1-9-7-10(13(16)14-2)3-4-12(9)15-11-5-6-17-8-11/h3-4,7,11,15H,5-6,8H2,1-2H3,(H,14,16). The van der Waals surface area contributed by atoms with E-state index >= 15 is 0 Å². The van der Waals surface area contributed by atoms with Crippen molar-refractivity contribution in [3.05, 3.63) is 29.3 Å². The van der Waals surface area contributed by atoms with Gasteiger partial charge in [-0.1, -0.05) is 0 Å². The van der Waals surface area contributed by atoms with Gasteiger partial charge in [-0.2, -0.15) is 0 Å². The number of hydrogen-bond acceptors (Lipinski definition) is 3. The summed E-state index contributed by atoms with van der Waals surface area (Å²) in [6, 6.07) is 6.08. The zero-order valence-electron chi connectivity index (χ0n) is 10.2. The lowest BCUT2D eigenvalue weighted by atomic mass is 10.1. The molecule has 1 heterocycles. The number of ether oxygens (including phenoxy) is 1. The number of aryl methyl sites for hydroxylation is 1. The highest BCUT2D eigenvalue weighted by Gasteiger charge is 2.16. The van der Waals surface area contributed by atoms with Crippen LogP contribution in [0.15, 0.2) is 18.2 Å². The Balaban J connectivity index is 2.10. The van der Waals surface area contributed by atoms with Crippen LogP contribution in [-0.2, 0) is 4.74 Å². The molecule has 1 unspecified atom stereocenters. The maximum Gasteiger partial charge on any atom is 0.251 e. The summed E-state index contributed by atoms with van der Waals surface area (Å²) in [5, 5.41) is 6.06. The molecule has 1 fully saturated rings. The maximum absolute atomic E-state index is 11.5. The number of carbonyl (C=O) groups is 1. The fourth-order valence-electron chi connectivity index (χ4n) is 1.98. The summed E-state index contributed by atoms with van der Waals surface area (Å²) in [4.78, 5) is 11.5. The molecule has 0 radical (unpaired) electrons. The first-order valence-electron chi connectivity index (χ1n) is 5.87. The number of benzene rings is 1. The van der Waals surface area contributed by atoms with Gasteiger partial charge >= 0.3 is 0 Å². The van der Waals surface area contributed by atoms with Crippen molar-refractivity contribution in [1.82, 2.24) is 5.32 Å². The predicted molar refractivity (Wildman–Crippen MR) is 67.4 cm³/mol. The van der Waals surface area contributed by atoms with Gasteiger partial charge in [0, 0.05) is 24.9 Å². The van der Waals surface area contributed by atoms with E-state index in [0.717, 1.165) is 30.9 Å². The first kappa shape index (κ1) is 11.9. The highest BCUT2D eigenvalue weighted by Crippen LogP contribution is 2.19. The Kier molecular flexibility index (Phi) is 3.64. The van der Waals surface area contributed by atoms with E-state index in [9.17, 15) is 4.79 Å². The van der Waals surface area contributed by atoms with Crippen molar-refractivity contribution < 1.29 is 9.53 Å². The Bertz CT molecular complexity index is 412. The van der Waals surface area contributed by atoms with Crippen molar-refractivity contribution in [2.75, 3.05) is 25.6 Å². The molecule has 92 valence electrons. The smallest absolute Gasteiger partial charge is 0.251 e. The Morgan fingerprint density at radius 3 is 2.88 bits per heavy atom. The highest BCUT2D eigenvalue weighted by molar-refractivity contribution is 5.94. The van der Waals surface area contributed by atoms with E-state index < -0.39 is 0 Å². The number of anilines is 1.